The molecule has 2 aromatic heterocycles. The number of urea groups is 1. The van der Waals surface area contributed by atoms with Crippen LogP contribution in [0.25, 0.3) is 5.52 Å². The van der Waals surface area contributed by atoms with Crippen molar-refractivity contribution >= 4 is 23.1 Å². The molecule has 4 rings (SSSR count). The van der Waals surface area contributed by atoms with Crippen LogP contribution in [0, 0.1) is 0 Å². The van der Waals surface area contributed by atoms with Crippen molar-refractivity contribution in [3.8, 4) is 0 Å². The molecule has 0 radical (unpaired) electrons. The van der Waals surface area contributed by atoms with E-state index in [1.54, 1.807) is 12.4 Å². The predicted molar refractivity (Wildman–Crippen MR) is 83.1 cm³/mol. The highest BCUT2D eigenvalue weighted by molar-refractivity contribution is 6.32. The van der Waals surface area contributed by atoms with E-state index in [4.69, 9.17) is 11.6 Å². The number of amides is 2. The molecule has 6 nitrogen and oxygen atoms in total. The van der Waals surface area contributed by atoms with E-state index in [0.29, 0.717) is 11.2 Å². The number of halogens is 1. The van der Waals surface area contributed by atoms with Gasteiger partial charge in [-0.3, -0.25) is 4.40 Å². The second-order valence-electron chi connectivity index (χ2n) is 6.16. The third-order valence-electron chi connectivity index (χ3n) is 4.88. The van der Waals surface area contributed by atoms with Crippen LogP contribution in [-0.4, -0.2) is 56.4 Å². The summed E-state index contributed by atoms with van der Waals surface area (Å²) in [6.07, 6.45) is 8.49. The number of fused-ring (bicyclic) bond motifs is 2. The van der Waals surface area contributed by atoms with Crippen molar-refractivity contribution in [1.29, 1.82) is 0 Å². The fourth-order valence-electron chi connectivity index (χ4n) is 3.65. The zero-order valence-electron chi connectivity index (χ0n) is 12.4. The van der Waals surface area contributed by atoms with Crippen LogP contribution in [0.4, 0.5) is 4.79 Å². The van der Waals surface area contributed by atoms with Crippen LogP contribution in [0.5, 0.6) is 0 Å². The summed E-state index contributed by atoms with van der Waals surface area (Å²) in [5.41, 5.74) is 0.823. The van der Waals surface area contributed by atoms with E-state index in [1.165, 1.54) is 0 Å². The van der Waals surface area contributed by atoms with Gasteiger partial charge in [-0.05, 0) is 19.3 Å². The van der Waals surface area contributed by atoms with E-state index in [-0.39, 0.29) is 11.9 Å². The second-order valence-corrected chi connectivity index (χ2v) is 6.52. The number of aromatic nitrogens is 3. The minimum Gasteiger partial charge on any atom is -0.328 e. The molecule has 2 saturated heterocycles. The van der Waals surface area contributed by atoms with E-state index < -0.39 is 0 Å². The fourth-order valence-corrected chi connectivity index (χ4v) is 3.84. The lowest BCUT2D eigenvalue weighted by atomic mass is 9.89. The van der Waals surface area contributed by atoms with Gasteiger partial charge >= 0.3 is 6.03 Å². The Balaban J connectivity index is 1.66. The number of piperidine rings is 1. The first kappa shape index (κ1) is 13.8. The molecule has 2 aliphatic rings. The van der Waals surface area contributed by atoms with E-state index in [0.717, 1.165) is 43.7 Å². The summed E-state index contributed by atoms with van der Waals surface area (Å²) in [5, 5.41) is 0.462. The number of nitrogens with zero attached hydrogens (tertiary/aromatic N) is 5. The number of hydrogen-bond acceptors (Lipinski definition) is 3. The van der Waals surface area contributed by atoms with Gasteiger partial charge in [0.05, 0.1) is 6.20 Å². The molecule has 2 aromatic rings. The van der Waals surface area contributed by atoms with Crippen LogP contribution in [0.3, 0.4) is 0 Å². The molecule has 7 heteroatoms. The number of rotatable bonds is 1. The Kier molecular flexibility index (Phi) is 3.22. The molecule has 0 aromatic carbocycles. The zero-order valence-corrected chi connectivity index (χ0v) is 13.2. The standard InChI is InChI=1S/C15H18ClN5O/c1-19-6-4-11-3-2-10(9-21(11)15(19)22)14-18-8-12-13(16)17-5-7-20(12)14/h5,7-8,10-11H,2-4,6,9H2,1H3/t10-,11-/m1/s1. The summed E-state index contributed by atoms with van der Waals surface area (Å²) < 4.78 is 2.00. The average Bonchev–Trinajstić information content (AvgIpc) is 2.96. The Morgan fingerprint density at radius 1 is 1.27 bits per heavy atom. The van der Waals surface area contributed by atoms with E-state index in [2.05, 4.69) is 9.97 Å². The van der Waals surface area contributed by atoms with Crippen molar-refractivity contribution in [1.82, 2.24) is 24.2 Å². The third-order valence-corrected chi connectivity index (χ3v) is 5.17. The summed E-state index contributed by atoms with van der Waals surface area (Å²) in [4.78, 5) is 24.8. The van der Waals surface area contributed by atoms with E-state index >= 15 is 0 Å². The van der Waals surface area contributed by atoms with Gasteiger partial charge in [0.15, 0.2) is 5.15 Å². The minimum absolute atomic E-state index is 0.140. The maximum atomic E-state index is 12.4. The Morgan fingerprint density at radius 3 is 3.00 bits per heavy atom. The average molecular weight is 320 g/mol. The van der Waals surface area contributed by atoms with Gasteiger partial charge in [0.25, 0.3) is 0 Å². The maximum Gasteiger partial charge on any atom is 0.320 e. The number of imidazole rings is 1. The van der Waals surface area contributed by atoms with E-state index in [1.807, 2.05) is 27.4 Å². The lowest BCUT2D eigenvalue weighted by Crippen LogP contribution is -2.56. The number of hydrogen-bond donors (Lipinski definition) is 0. The molecule has 0 bridgehead atoms. The van der Waals surface area contributed by atoms with Crippen molar-refractivity contribution in [2.45, 2.75) is 31.2 Å². The normalized spacial score (nSPS) is 25.6. The van der Waals surface area contributed by atoms with Crippen molar-refractivity contribution < 1.29 is 4.79 Å². The highest BCUT2D eigenvalue weighted by atomic mass is 35.5. The summed E-state index contributed by atoms with van der Waals surface area (Å²) in [6.45, 7) is 1.59. The predicted octanol–water partition coefficient (Wildman–Crippen LogP) is 2.39. The molecular weight excluding hydrogens is 302 g/mol. The molecule has 2 aliphatic heterocycles. The van der Waals surface area contributed by atoms with Crippen LogP contribution in [-0.2, 0) is 0 Å². The molecule has 2 atom stereocenters. The molecule has 0 spiro atoms. The van der Waals surface area contributed by atoms with Crippen LogP contribution in [0.1, 0.15) is 31.0 Å². The van der Waals surface area contributed by atoms with Crippen molar-refractivity contribution in [2.75, 3.05) is 20.1 Å². The lowest BCUT2D eigenvalue weighted by molar-refractivity contribution is 0.0805. The number of carbonyl (C=O) groups excluding carboxylic acids is 1. The smallest absolute Gasteiger partial charge is 0.320 e. The molecule has 116 valence electrons. The highest BCUT2D eigenvalue weighted by Gasteiger charge is 2.37. The first-order chi connectivity index (χ1) is 10.6. The van der Waals surface area contributed by atoms with Crippen molar-refractivity contribution in [3.63, 3.8) is 0 Å². The van der Waals surface area contributed by atoms with Crippen molar-refractivity contribution in [3.05, 3.63) is 29.6 Å². The summed E-state index contributed by atoms with van der Waals surface area (Å²) >= 11 is 6.12. The summed E-state index contributed by atoms with van der Waals surface area (Å²) in [5.74, 6) is 1.21. The van der Waals surface area contributed by atoms with Crippen LogP contribution >= 0.6 is 11.6 Å². The quantitative estimate of drug-likeness (QED) is 0.811. The number of carbonyl (C=O) groups is 1. The van der Waals surface area contributed by atoms with Crippen LogP contribution < -0.4 is 0 Å². The molecule has 4 heterocycles. The first-order valence-corrected chi connectivity index (χ1v) is 8.02. The SMILES string of the molecule is CN1CC[C@H]2CC[C@@H](c3ncc4c(Cl)nccn34)CN2C1=O. The minimum atomic E-state index is 0.140. The van der Waals surface area contributed by atoms with Gasteiger partial charge in [0.1, 0.15) is 11.3 Å². The Bertz CT molecular complexity index is 730. The molecule has 2 amide bonds. The van der Waals surface area contributed by atoms with Crippen LogP contribution in [0.2, 0.25) is 5.15 Å². The molecule has 0 saturated carbocycles. The third kappa shape index (κ3) is 2.05. The molecule has 2 fully saturated rings. The Hall–Kier alpha value is -1.82. The Morgan fingerprint density at radius 2 is 2.14 bits per heavy atom. The lowest BCUT2D eigenvalue weighted by Gasteiger charge is -2.45. The zero-order chi connectivity index (χ0) is 15.3. The topological polar surface area (TPSA) is 53.7 Å². The first-order valence-electron chi connectivity index (χ1n) is 7.64. The highest BCUT2D eigenvalue weighted by Crippen LogP contribution is 2.33. The van der Waals surface area contributed by atoms with Crippen molar-refractivity contribution in [2.24, 2.45) is 0 Å². The molecule has 0 aliphatic carbocycles. The van der Waals surface area contributed by atoms with Gasteiger partial charge in [-0.25, -0.2) is 14.8 Å². The Labute approximate surface area is 133 Å². The van der Waals surface area contributed by atoms with Gasteiger partial charge in [-0.15, -0.1) is 0 Å². The summed E-state index contributed by atoms with van der Waals surface area (Å²) in [7, 11) is 1.87. The van der Waals surface area contributed by atoms with Gasteiger partial charge in [-0.1, -0.05) is 11.6 Å². The van der Waals surface area contributed by atoms with E-state index in [9.17, 15) is 4.79 Å². The van der Waals surface area contributed by atoms with Gasteiger partial charge in [0.2, 0.25) is 0 Å². The molecule has 22 heavy (non-hydrogen) atoms. The molecular formula is C15H18ClN5O. The van der Waals surface area contributed by atoms with Crippen LogP contribution in [0.15, 0.2) is 18.6 Å². The summed E-state index contributed by atoms with van der Waals surface area (Å²) in [6, 6.07) is 0.526. The fraction of sp³-hybridized carbons (Fsp3) is 0.533. The maximum absolute atomic E-state index is 12.4. The van der Waals surface area contributed by atoms with Gasteiger partial charge in [0, 0.05) is 44.5 Å². The monoisotopic (exact) mass is 319 g/mol. The largest absolute Gasteiger partial charge is 0.328 e. The van der Waals surface area contributed by atoms with Gasteiger partial charge in [-0.2, -0.15) is 0 Å². The second kappa shape index (κ2) is 5.12. The molecule has 0 N–H and O–H groups in total. The molecule has 0 unspecified atom stereocenters. The van der Waals surface area contributed by atoms with Gasteiger partial charge < -0.3 is 9.80 Å².